The molecule has 5 heteroatoms. The lowest BCUT2D eigenvalue weighted by Gasteiger charge is -2.13. The molecule has 0 amide bonds. The molecule has 1 saturated carbocycles. The average molecular weight is 266 g/mol. The van der Waals surface area contributed by atoms with Gasteiger partial charge in [-0.1, -0.05) is 17.7 Å². The number of hydrogen-bond donors (Lipinski definition) is 1. The summed E-state index contributed by atoms with van der Waals surface area (Å²) < 4.78 is 18.7. The quantitative estimate of drug-likeness (QED) is 0.912. The minimum atomic E-state index is -0.435. The molecule has 1 fully saturated rings. The van der Waals surface area contributed by atoms with Gasteiger partial charge in [0, 0.05) is 0 Å². The van der Waals surface area contributed by atoms with E-state index in [0.29, 0.717) is 11.6 Å². The zero-order chi connectivity index (χ0) is 11.1. The first-order valence-corrected chi connectivity index (χ1v) is 5.26. The van der Waals surface area contributed by atoms with E-state index < -0.39 is 5.82 Å². The maximum absolute atomic E-state index is 13.4. The van der Waals surface area contributed by atoms with Crippen LogP contribution in [0.1, 0.15) is 18.4 Å². The van der Waals surface area contributed by atoms with Gasteiger partial charge < -0.3 is 10.5 Å². The van der Waals surface area contributed by atoms with Crippen LogP contribution in [-0.2, 0) is 0 Å². The van der Waals surface area contributed by atoms with Gasteiger partial charge in [0.25, 0.3) is 0 Å². The zero-order valence-corrected chi connectivity index (χ0v) is 10.5. The highest BCUT2D eigenvalue weighted by atomic mass is 35.5. The van der Waals surface area contributed by atoms with E-state index >= 15 is 0 Å². The van der Waals surface area contributed by atoms with Crippen LogP contribution in [-0.4, -0.2) is 12.1 Å². The minimum Gasteiger partial charge on any atom is -0.487 e. The monoisotopic (exact) mass is 265 g/mol. The molecule has 0 aliphatic heterocycles. The van der Waals surface area contributed by atoms with Crippen molar-refractivity contribution in [2.75, 3.05) is 6.61 Å². The number of ether oxygens (including phenoxy) is 1. The third-order valence-electron chi connectivity index (χ3n) is 2.64. The fourth-order valence-electron chi connectivity index (χ4n) is 1.28. The zero-order valence-electron chi connectivity index (χ0n) is 8.93. The molecule has 1 aromatic rings. The molecule has 0 aromatic heterocycles. The second-order valence-electron chi connectivity index (χ2n) is 4.16. The Morgan fingerprint density at radius 3 is 2.69 bits per heavy atom. The minimum absolute atomic E-state index is 0. The molecule has 0 bridgehead atoms. The van der Waals surface area contributed by atoms with E-state index in [4.69, 9.17) is 22.1 Å². The Kier molecular flexibility index (Phi) is 4.05. The smallest absolute Gasteiger partial charge is 0.173 e. The third kappa shape index (κ3) is 2.78. The van der Waals surface area contributed by atoms with Gasteiger partial charge in [0.2, 0.25) is 0 Å². The second kappa shape index (κ2) is 4.78. The molecule has 16 heavy (non-hydrogen) atoms. The van der Waals surface area contributed by atoms with Crippen molar-refractivity contribution in [2.45, 2.75) is 25.3 Å². The van der Waals surface area contributed by atoms with Gasteiger partial charge in [0.05, 0.1) is 10.6 Å². The van der Waals surface area contributed by atoms with E-state index in [2.05, 4.69) is 0 Å². The summed E-state index contributed by atoms with van der Waals surface area (Å²) >= 11 is 5.94. The van der Waals surface area contributed by atoms with Gasteiger partial charge in [-0.25, -0.2) is 4.39 Å². The number of halogens is 3. The van der Waals surface area contributed by atoms with Crippen molar-refractivity contribution in [1.29, 1.82) is 0 Å². The normalized spacial score (nSPS) is 16.5. The first-order chi connectivity index (χ1) is 7.02. The molecule has 0 atom stereocenters. The maximum atomic E-state index is 13.4. The first kappa shape index (κ1) is 13.6. The standard InChI is InChI=1S/C11H13ClFNO.ClH/c1-7-2-3-8(13)10(9(7)12)15-6-11(14)4-5-11;/h2-3H,4-6,14H2,1H3;1H. The first-order valence-electron chi connectivity index (χ1n) is 4.88. The molecular formula is C11H14Cl2FNO. The summed E-state index contributed by atoms with van der Waals surface area (Å²) in [6.07, 6.45) is 1.86. The molecule has 0 spiro atoms. The lowest BCUT2D eigenvalue weighted by molar-refractivity contribution is 0.267. The van der Waals surface area contributed by atoms with Crippen LogP contribution in [0.15, 0.2) is 12.1 Å². The predicted octanol–water partition coefficient (Wildman–Crippen LogP) is 3.08. The van der Waals surface area contributed by atoms with E-state index in [9.17, 15) is 4.39 Å². The van der Waals surface area contributed by atoms with E-state index in [1.54, 1.807) is 6.07 Å². The maximum Gasteiger partial charge on any atom is 0.173 e. The van der Waals surface area contributed by atoms with E-state index in [1.807, 2.05) is 6.92 Å². The Labute approximate surface area is 105 Å². The molecule has 0 radical (unpaired) electrons. The van der Waals surface area contributed by atoms with Crippen molar-refractivity contribution >= 4 is 24.0 Å². The van der Waals surface area contributed by atoms with Crippen LogP contribution in [0.2, 0.25) is 5.02 Å². The molecule has 0 heterocycles. The van der Waals surface area contributed by atoms with Gasteiger partial charge in [-0.2, -0.15) is 0 Å². The van der Waals surface area contributed by atoms with E-state index in [1.165, 1.54) is 6.07 Å². The molecule has 1 aromatic carbocycles. The second-order valence-corrected chi connectivity index (χ2v) is 4.54. The lowest BCUT2D eigenvalue weighted by atomic mass is 10.2. The van der Waals surface area contributed by atoms with Gasteiger partial charge in [0.15, 0.2) is 11.6 Å². The molecule has 1 aliphatic carbocycles. The van der Waals surface area contributed by atoms with Crippen molar-refractivity contribution in [1.82, 2.24) is 0 Å². The van der Waals surface area contributed by atoms with Crippen LogP contribution >= 0.6 is 24.0 Å². The van der Waals surface area contributed by atoms with Crippen LogP contribution in [0, 0.1) is 12.7 Å². The molecule has 90 valence electrons. The Hall–Kier alpha value is -0.510. The molecule has 2 N–H and O–H groups in total. The number of hydrogen-bond acceptors (Lipinski definition) is 2. The van der Waals surface area contributed by atoms with Gasteiger partial charge in [-0.05, 0) is 31.4 Å². The molecule has 2 nitrogen and oxygen atoms in total. The van der Waals surface area contributed by atoms with Crippen molar-refractivity contribution in [3.63, 3.8) is 0 Å². The number of benzene rings is 1. The molecule has 2 rings (SSSR count). The molecule has 0 unspecified atom stereocenters. The van der Waals surface area contributed by atoms with Crippen LogP contribution in [0.3, 0.4) is 0 Å². The Balaban J connectivity index is 0.00000128. The van der Waals surface area contributed by atoms with Gasteiger partial charge in [0.1, 0.15) is 6.61 Å². The Morgan fingerprint density at radius 1 is 1.50 bits per heavy atom. The Morgan fingerprint density at radius 2 is 2.12 bits per heavy atom. The van der Waals surface area contributed by atoms with E-state index in [-0.39, 0.29) is 23.7 Å². The van der Waals surface area contributed by atoms with E-state index in [0.717, 1.165) is 18.4 Å². The van der Waals surface area contributed by atoms with Crippen molar-refractivity contribution in [2.24, 2.45) is 5.73 Å². The lowest BCUT2D eigenvalue weighted by Crippen LogP contribution is -2.30. The highest BCUT2D eigenvalue weighted by Crippen LogP contribution is 2.36. The van der Waals surface area contributed by atoms with Gasteiger partial charge in [-0.15, -0.1) is 12.4 Å². The topological polar surface area (TPSA) is 35.2 Å². The van der Waals surface area contributed by atoms with Gasteiger partial charge in [-0.3, -0.25) is 0 Å². The number of rotatable bonds is 3. The highest BCUT2D eigenvalue weighted by molar-refractivity contribution is 6.32. The highest BCUT2D eigenvalue weighted by Gasteiger charge is 2.39. The van der Waals surface area contributed by atoms with Crippen molar-refractivity contribution < 1.29 is 9.13 Å². The predicted molar refractivity (Wildman–Crippen MR) is 65.0 cm³/mol. The molecule has 0 saturated heterocycles. The summed E-state index contributed by atoms with van der Waals surface area (Å²) in [4.78, 5) is 0. The largest absolute Gasteiger partial charge is 0.487 e. The summed E-state index contributed by atoms with van der Waals surface area (Å²) in [7, 11) is 0. The van der Waals surface area contributed by atoms with Crippen LogP contribution < -0.4 is 10.5 Å². The van der Waals surface area contributed by atoms with Crippen molar-refractivity contribution in [3.8, 4) is 5.75 Å². The number of nitrogens with two attached hydrogens (primary N) is 1. The van der Waals surface area contributed by atoms with Crippen LogP contribution in [0.4, 0.5) is 4.39 Å². The molecule has 1 aliphatic rings. The summed E-state index contributed by atoms with van der Waals surface area (Å²) in [6, 6.07) is 2.98. The van der Waals surface area contributed by atoms with Crippen LogP contribution in [0.25, 0.3) is 0 Å². The van der Waals surface area contributed by atoms with Crippen LogP contribution in [0.5, 0.6) is 5.75 Å². The molecular weight excluding hydrogens is 252 g/mol. The SMILES string of the molecule is Cc1ccc(F)c(OCC2(N)CC2)c1Cl.Cl. The fraction of sp³-hybridized carbons (Fsp3) is 0.455. The fourth-order valence-corrected chi connectivity index (χ4v) is 1.49. The summed E-state index contributed by atoms with van der Waals surface area (Å²) in [5.41, 5.74) is 6.38. The summed E-state index contributed by atoms with van der Waals surface area (Å²) in [6.45, 7) is 2.14. The van der Waals surface area contributed by atoms with Crippen molar-refractivity contribution in [3.05, 3.63) is 28.5 Å². The number of aryl methyl sites for hydroxylation is 1. The average Bonchev–Trinajstić information content (AvgIpc) is 2.91. The summed E-state index contributed by atoms with van der Waals surface area (Å²) in [5, 5.41) is 0.333. The third-order valence-corrected chi connectivity index (χ3v) is 3.11. The Bertz CT molecular complexity index is 394. The van der Waals surface area contributed by atoms with Gasteiger partial charge >= 0.3 is 0 Å². The summed E-state index contributed by atoms with van der Waals surface area (Å²) in [5.74, 6) is -0.316.